The van der Waals surface area contributed by atoms with Gasteiger partial charge in [0.1, 0.15) is 6.54 Å². The molecule has 0 atom stereocenters. The third-order valence-electron chi connectivity index (χ3n) is 4.68. The van der Waals surface area contributed by atoms with Crippen LogP contribution in [-0.4, -0.2) is 37.5 Å². The largest absolute Gasteiger partial charge is 0.356 e. The molecule has 0 spiro atoms. The molecule has 3 rings (SSSR count). The fourth-order valence-corrected chi connectivity index (χ4v) is 3.21. The second kappa shape index (κ2) is 10.3. The number of carbonyl (C=O) groups excluding carboxylic acids is 3. The second-order valence-corrected chi connectivity index (χ2v) is 6.93. The van der Waals surface area contributed by atoms with Crippen molar-refractivity contribution < 1.29 is 14.4 Å². The van der Waals surface area contributed by atoms with Crippen molar-refractivity contribution in [3.8, 4) is 0 Å². The van der Waals surface area contributed by atoms with E-state index in [2.05, 4.69) is 28.1 Å². The first-order valence-electron chi connectivity index (χ1n) is 9.88. The van der Waals surface area contributed by atoms with Crippen LogP contribution in [0.3, 0.4) is 0 Å². The van der Waals surface area contributed by atoms with Crippen molar-refractivity contribution in [1.82, 2.24) is 10.6 Å². The molecule has 0 unspecified atom stereocenters. The zero-order valence-corrected chi connectivity index (χ0v) is 16.3. The standard InChI is InChI=1S/C22H26N4O3/c27-20(23-14-6-10-17-8-2-1-3-9-17)13-7-15-24-22(29)26-16-21(28)25-18-11-4-5-12-19(18)26/h1-5,8-9,11-12H,6-7,10,13-16H2,(H,23,27)(H,24,29)(H,25,28). The summed E-state index contributed by atoms with van der Waals surface area (Å²) in [5.41, 5.74) is 2.55. The molecule has 1 aliphatic heterocycles. The molecule has 0 saturated heterocycles. The number of urea groups is 1. The van der Waals surface area contributed by atoms with Crippen molar-refractivity contribution in [2.75, 3.05) is 29.9 Å². The monoisotopic (exact) mass is 394 g/mol. The molecule has 4 amide bonds. The summed E-state index contributed by atoms with van der Waals surface area (Å²) >= 11 is 0. The average Bonchev–Trinajstić information content (AvgIpc) is 2.74. The highest BCUT2D eigenvalue weighted by atomic mass is 16.2. The Morgan fingerprint density at radius 3 is 2.48 bits per heavy atom. The van der Waals surface area contributed by atoms with Crippen LogP contribution in [0.15, 0.2) is 54.6 Å². The smallest absolute Gasteiger partial charge is 0.322 e. The lowest BCUT2D eigenvalue weighted by atomic mass is 10.1. The Labute approximate surface area is 170 Å². The number of hydrogen-bond donors (Lipinski definition) is 3. The van der Waals surface area contributed by atoms with Crippen molar-refractivity contribution in [2.24, 2.45) is 0 Å². The van der Waals surface area contributed by atoms with Gasteiger partial charge in [-0.3, -0.25) is 14.5 Å². The first kappa shape index (κ1) is 20.4. The Hall–Kier alpha value is -3.35. The molecule has 0 bridgehead atoms. The summed E-state index contributed by atoms with van der Waals surface area (Å²) < 4.78 is 0. The number of nitrogens with one attached hydrogen (secondary N) is 3. The number of rotatable bonds is 8. The molecule has 0 saturated carbocycles. The van der Waals surface area contributed by atoms with Crippen LogP contribution < -0.4 is 20.9 Å². The van der Waals surface area contributed by atoms with Crippen LogP contribution in [0.5, 0.6) is 0 Å². The summed E-state index contributed by atoms with van der Waals surface area (Å²) in [6, 6.07) is 17.0. The van der Waals surface area contributed by atoms with Crippen LogP contribution in [0.1, 0.15) is 24.8 Å². The highest BCUT2D eigenvalue weighted by molar-refractivity contribution is 6.09. The van der Waals surface area contributed by atoms with Gasteiger partial charge in [-0.15, -0.1) is 0 Å². The van der Waals surface area contributed by atoms with Gasteiger partial charge in [-0.2, -0.15) is 0 Å². The molecular weight excluding hydrogens is 368 g/mol. The van der Waals surface area contributed by atoms with Gasteiger partial charge in [-0.25, -0.2) is 4.79 Å². The van der Waals surface area contributed by atoms with Crippen LogP contribution in [0.4, 0.5) is 16.2 Å². The molecule has 152 valence electrons. The molecule has 29 heavy (non-hydrogen) atoms. The molecule has 3 N–H and O–H groups in total. The van der Waals surface area contributed by atoms with Crippen LogP contribution >= 0.6 is 0 Å². The molecule has 0 radical (unpaired) electrons. The summed E-state index contributed by atoms with van der Waals surface area (Å²) in [5.74, 6) is -0.247. The predicted octanol–water partition coefficient (Wildman–Crippen LogP) is 2.68. The molecule has 0 fully saturated rings. The number of anilines is 2. The molecule has 2 aromatic rings. The van der Waals surface area contributed by atoms with Gasteiger partial charge in [0.2, 0.25) is 11.8 Å². The highest BCUT2D eigenvalue weighted by Gasteiger charge is 2.26. The van der Waals surface area contributed by atoms with E-state index in [0.29, 0.717) is 37.3 Å². The summed E-state index contributed by atoms with van der Waals surface area (Å²) in [5, 5.41) is 8.44. The predicted molar refractivity (Wildman–Crippen MR) is 113 cm³/mol. The fourth-order valence-electron chi connectivity index (χ4n) is 3.21. The molecule has 7 nitrogen and oxygen atoms in total. The number of carbonyl (C=O) groups is 3. The van der Waals surface area contributed by atoms with Crippen LogP contribution in [0.25, 0.3) is 0 Å². The molecule has 2 aromatic carbocycles. The summed E-state index contributed by atoms with van der Waals surface area (Å²) in [7, 11) is 0. The highest BCUT2D eigenvalue weighted by Crippen LogP contribution is 2.28. The molecule has 7 heteroatoms. The van der Waals surface area contributed by atoms with Gasteiger partial charge in [0.25, 0.3) is 0 Å². The Morgan fingerprint density at radius 1 is 0.931 bits per heavy atom. The summed E-state index contributed by atoms with van der Waals surface area (Å²) in [6.45, 7) is 0.987. The van der Waals surface area contributed by atoms with Crippen molar-refractivity contribution in [1.29, 1.82) is 0 Å². The van der Waals surface area contributed by atoms with E-state index in [1.807, 2.05) is 24.3 Å². The molecule has 0 aliphatic carbocycles. The van der Waals surface area contributed by atoms with Gasteiger partial charge in [-0.1, -0.05) is 42.5 Å². The van der Waals surface area contributed by atoms with Crippen molar-refractivity contribution >= 4 is 29.2 Å². The third-order valence-corrected chi connectivity index (χ3v) is 4.68. The zero-order valence-electron chi connectivity index (χ0n) is 16.3. The van der Waals surface area contributed by atoms with Crippen LogP contribution in [0.2, 0.25) is 0 Å². The number of fused-ring (bicyclic) bond motifs is 1. The van der Waals surface area contributed by atoms with E-state index in [1.165, 1.54) is 10.5 Å². The summed E-state index contributed by atoms with van der Waals surface area (Å²) in [6.07, 6.45) is 2.71. The lowest BCUT2D eigenvalue weighted by Gasteiger charge is -2.29. The Kier molecular flexibility index (Phi) is 7.22. The maximum absolute atomic E-state index is 12.4. The number of benzene rings is 2. The normalized spacial score (nSPS) is 12.7. The number of para-hydroxylation sites is 2. The maximum atomic E-state index is 12.4. The average molecular weight is 394 g/mol. The maximum Gasteiger partial charge on any atom is 0.322 e. The Balaban J connectivity index is 1.32. The van der Waals surface area contributed by atoms with Gasteiger partial charge >= 0.3 is 6.03 Å². The van der Waals surface area contributed by atoms with Crippen LogP contribution in [-0.2, 0) is 16.0 Å². The molecule has 1 aliphatic rings. The van der Waals surface area contributed by atoms with E-state index >= 15 is 0 Å². The quantitative estimate of drug-likeness (QED) is 0.601. The zero-order chi connectivity index (χ0) is 20.5. The van der Waals surface area contributed by atoms with E-state index in [-0.39, 0.29) is 24.4 Å². The minimum absolute atomic E-state index is 0.0185. The topological polar surface area (TPSA) is 90.5 Å². The molecule has 1 heterocycles. The van der Waals surface area contributed by atoms with Crippen molar-refractivity contribution in [3.05, 3.63) is 60.2 Å². The SMILES string of the molecule is O=C(CCCNC(=O)N1CC(=O)Nc2ccccc21)NCCCc1ccccc1. The molecule has 0 aromatic heterocycles. The van der Waals surface area contributed by atoms with Gasteiger partial charge in [-0.05, 0) is 37.0 Å². The minimum atomic E-state index is -0.337. The van der Waals surface area contributed by atoms with Gasteiger partial charge < -0.3 is 16.0 Å². The number of aryl methyl sites for hydroxylation is 1. The molecular formula is C22H26N4O3. The lowest BCUT2D eigenvalue weighted by molar-refractivity contribution is -0.121. The minimum Gasteiger partial charge on any atom is -0.356 e. The lowest BCUT2D eigenvalue weighted by Crippen LogP contribution is -2.47. The van der Waals surface area contributed by atoms with Gasteiger partial charge in [0, 0.05) is 19.5 Å². The summed E-state index contributed by atoms with van der Waals surface area (Å²) in [4.78, 5) is 37.6. The first-order chi connectivity index (χ1) is 14.1. The van der Waals surface area contributed by atoms with E-state index in [9.17, 15) is 14.4 Å². The number of hydrogen-bond acceptors (Lipinski definition) is 3. The Morgan fingerprint density at radius 2 is 1.66 bits per heavy atom. The van der Waals surface area contributed by atoms with Gasteiger partial charge in [0.15, 0.2) is 0 Å². The van der Waals surface area contributed by atoms with Crippen molar-refractivity contribution in [3.63, 3.8) is 0 Å². The van der Waals surface area contributed by atoms with E-state index in [0.717, 1.165) is 12.8 Å². The van der Waals surface area contributed by atoms with Gasteiger partial charge in [0.05, 0.1) is 11.4 Å². The fraction of sp³-hybridized carbons (Fsp3) is 0.318. The Bertz CT molecular complexity index is 854. The third kappa shape index (κ3) is 6.07. The number of nitrogens with zero attached hydrogens (tertiary/aromatic N) is 1. The first-order valence-corrected chi connectivity index (χ1v) is 9.88. The number of amides is 4. The van der Waals surface area contributed by atoms with E-state index < -0.39 is 0 Å². The van der Waals surface area contributed by atoms with E-state index in [4.69, 9.17) is 0 Å². The second-order valence-electron chi connectivity index (χ2n) is 6.93. The van der Waals surface area contributed by atoms with E-state index in [1.54, 1.807) is 18.2 Å². The van der Waals surface area contributed by atoms with Crippen molar-refractivity contribution in [2.45, 2.75) is 25.7 Å². The van der Waals surface area contributed by atoms with Crippen LogP contribution in [0, 0.1) is 0 Å².